The highest BCUT2D eigenvalue weighted by Gasteiger charge is 2.38. The van der Waals surface area contributed by atoms with Crippen LogP contribution >= 0.6 is 23.2 Å². The van der Waals surface area contributed by atoms with E-state index >= 15 is 0 Å². The van der Waals surface area contributed by atoms with Gasteiger partial charge in [-0.25, -0.2) is 4.68 Å². The van der Waals surface area contributed by atoms with Crippen molar-refractivity contribution in [3.8, 4) is 11.4 Å². The summed E-state index contributed by atoms with van der Waals surface area (Å²) in [5.74, 6) is 0.601. The van der Waals surface area contributed by atoms with Crippen molar-refractivity contribution in [2.24, 2.45) is 0 Å². The number of nitrogens with zero attached hydrogens (tertiary/aromatic N) is 4. The second-order valence-corrected chi connectivity index (χ2v) is 6.05. The SMILES string of the molecule is COC1(Cn2nnnc2-c2cc(N)c(Cl)c(Cl)c2)CCC1. The summed E-state index contributed by atoms with van der Waals surface area (Å²) in [5.41, 5.74) is 6.81. The number of anilines is 1. The largest absolute Gasteiger partial charge is 0.397 e. The molecule has 2 aromatic rings. The van der Waals surface area contributed by atoms with Crippen LogP contribution in [0.2, 0.25) is 10.0 Å². The van der Waals surface area contributed by atoms with Crippen LogP contribution in [0.25, 0.3) is 11.4 Å². The molecular weight excluding hydrogens is 313 g/mol. The normalized spacial score (nSPS) is 16.7. The third kappa shape index (κ3) is 2.59. The molecule has 0 atom stereocenters. The predicted octanol–water partition coefficient (Wildman–Crippen LogP) is 2.80. The van der Waals surface area contributed by atoms with Gasteiger partial charge in [-0.3, -0.25) is 0 Å². The lowest BCUT2D eigenvalue weighted by Gasteiger charge is -2.40. The highest BCUT2D eigenvalue weighted by atomic mass is 35.5. The highest BCUT2D eigenvalue weighted by molar-refractivity contribution is 6.43. The van der Waals surface area contributed by atoms with Crippen LogP contribution in [0.15, 0.2) is 12.1 Å². The molecule has 2 N–H and O–H groups in total. The van der Waals surface area contributed by atoms with Gasteiger partial charge in [0, 0.05) is 12.7 Å². The third-order valence-electron chi connectivity index (χ3n) is 3.98. The average Bonchev–Trinajstić information content (AvgIpc) is 2.87. The summed E-state index contributed by atoms with van der Waals surface area (Å²) < 4.78 is 7.34. The number of hydrogen-bond donors (Lipinski definition) is 1. The standard InChI is InChI=1S/C13H15Cl2N5O/c1-21-13(3-2-4-13)7-20-12(17-18-19-20)8-5-9(14)11(15)10(16)6-8/h5-6H,2-4,7,16H2,1H3. The van der Waals surface area contributed by atoms with Crippen LogP contribution in [-0.2, 0) is 11.3 Å². The fourth-order valence-electron chi connectivity index (χ4n) is 2.53. The van der Waals surface area contributed by atoms with Gasteiger partial charge in [-0.1, -0.05) is 23.2 Å². The zero-order valence-corrected chi connectivity index (χ0v) is 13.0. The van der Waals surface area contributed by atoms with Crippen LogP contribution in [0.3, 0.4) is 0 Å². The van der Waals surface area contributed by atoms with Crippen molar-refractivity contribution in [1.82, 2.24) is 20.2 Å². The Morgan fingerprint density at radius 3 is 2.71 bits per heavy atom. The number of methoxy groups -OCH3 is 1. The van der Waals surface area contributed by atoms with Gasteiger partial charge >= 0.3 is 0 Å². The maximum Gasteiger partial charge on any atom is 0.182 e. The molecule has 0 radical (unpaired) electrons. The Balaban J connectivity index is 1.95. The van der Waals surface area contributed by atoms with Crippen molar-refractivity contribution in [2.45, 2.75) is 31.4 Å². The molecule has 1 aromatic carbocycles. The van der Waals surface area contributed by atoms with Crippen molar-refractivity contribution in [2.75, 3.05) is 12.8 Å². The minimum absolute atomic E-state index is 0.175. The van der Waals surface area contributed by atoms with E-state index in [1.165, 1.54) is 0 Å². The number of benzene rings is 1. The molecule has 21 heavy (non-hydrogen) atoms. The first-order valence-electron chi connectivity index (χ1n) is 6.61. The zero-order valence-electron chi connectivity index (χ0n) is 11.5. The smallest absolute Gasteiger partial charge is 0.182 e. The van der Waals surface area contributed by atoms with Gasteiger partial charge in [-0.2, -0.15) is 0 Å². The number of rotatable bonds is 4. The van der Waals surface area contributed by atoms with Gasteiger partial charge in [0.05, 0.1) is 27.9 Å². The van der Waals surface area contributed by atoms with E-state index in [1.807, 2.05) is 0 Å². The first-order chi connectivity index (χ1) is 10.0. The quantitative estimate of drug-likeness (QED) is 0.873. The first kappa shape index (κ1) is 14.6. The molecule has 0 saturated heterocycles. The summed E-state index contributed by atoms with van der Waals surface area (Å²) in [4.78, 5) is 0. The Labute approximate surface area is 132 Å². The topological polar surface area (TPSA) is 78.8 Å². The van der Waals surface area contributed by atoms with Crippen LogP contribution in [0.1, 0.15) is 19.3 Å². The van der Waals surface area contributed by atoms with Gasteiger partial charge in [-0.15, -0.1) is 5.10 Å². The number of tetrazole rings is 1. The molecule has 1 aromatic heterocycles. The zero-order chi connectivity index (χ0) is 15.0. The lowest BCUT2D eigenvalue weighted by Crippen LogP contribution is -2.43. The van der Waals surface area contributed by atoms with Gasteiger partial charge in [0.25, 0.3) is 0 Å². The molecule has 1 fully saturated rings. The maximum absolute atomic E-state index is 6.07. The molecule has 1 heterocycles. The molecule has 112 valence electrons. The minimum atomic E-state index is -0.175. The van der Waals surface area contributed by atoms with E-state index in [9.17, 15) is 0 Å². The first-order valence-corrected chi connectivity index (χ1v) is 7.36. The van der Waals surface area contributed by atoms with Crippen molar-refractivity contribution >= 4 is 28.9 Å². The van der Waals surface area contributed by atoms with E-state index < -0.39 is 0 Å². The summed E-state index contributed by atoms with van der Waals surface area (Å²) in [7, 11) is 1.72. The van der Waals surface area contributed by atoms with Crippen molar-refractivity contribution < 1.29 is 4.74 Å². The Morgan fingerprint density at radius 1 is 1.38 bits per heavy atom. The molecule has 0 aliphatic heterocycles. The Kier molecular flexibility index (Phi) is 3.77. The molecule has 1 aliphatic rings. The van der Waals surface area contributed by atoms with E-state index in [0.29, 0.717) is 28.1 Å². The molecule has 0 unspecified atom stereocenters. The molecule has 3 rings (SSSR count). The van der Waals surface area contributed by atoms with E-state index in [0.717, 1.165) is 24.8 Å². The van der Waals surface area contributed by atoms with Crippen molar-refractivity contribution in [3.63, 3.8) is 0 Å². The summed E-state index contributed by atoms with van der Waals surface area (Å²) in [6, 6.07) is 3.43. The monoisotopic (exact) mass is 327 g/mol. The van der Waals surface area contributed by atoms with Gasteiger partial charge in [-0.05, 0) is 41.8 Å². The Bertz CT molecular complexity index is 640. The van der Waals surface area contributed by atoms with Gasteiger partial charge in [0.2, 0.25) is 0 Å². The van der Waals surface area contributed by atoms with Gasteiger partial charge < -0.3 is 10.5 Å². The van der Waals surface area contributed by atoms with Crippen molar-refractivity contribution in [1.29, 1.82) is 0 Å². The molecule has 0 spiro atoms. The highest BCUT2D eigenvalue weighted by Crippen LogP contribution is 2.38. The number of hydrogen-bond acceptors (Lipinski definition) is 5. The van der Waals surface area contributed by atoms with Crippen LogP contribution < -0.4 is 5.73 Å². The minimum Gasteiger partial charge on any atom is -0.397 e. The fourth-order valence-corrected chi connectivity index (χ4v) is 2.86. The van der Waals surface area contributed by atoms with Crippen LogP contribution in [0.4, 0.5) is 5.69 Å². The van der Waals surface area contributed by atoms with E-state index in [1.54, 1.807) is 23.9 Å². The maximum atomic E-state index is 6.07. The lowest BCUT2D eigenvalue weighted by atomic mass is 9.80. The van der Waals surface area contributed by atoms with Crippen LogP contribution in [-0.4, -0.2) is 32.9 Å². The van der Waals surface area contributed by atoms with Crippen molar-refractivity contribution in [3.05, 3.63) is 22.2 Å². The van der Waals surface area contributed by atoms with Crippen LogP contribution in [0.5, 0.6) is 0 Å². The molecule has 8 heteroatoms. The average molecular weight is 328 g/mol. The predicted molar refractivity (Wildman–Crippen MR) is 81.3 cm³/mol. The molecule has 6 nitrogen and oxygen atoms in total. The summed E-state index contributed by atoms with van der Waals surface area (Å²) in [5, 5.41) is 12.6. The fraction of sp³-hybridized carbons (Fsp3) is 0.462. The van der Waals surface area contributed by atoms with Gasteiger partial charge in [0.1, 0.15) is 0 Å². The molecule has 1 aliphatic carbocycles. The number of ether oxygens (including phenoxy) is 1. The Morgan fingerprint density at radius 2 is 2.14 bits per heavy atom. The lowest BCUT2D eigenvalue weighted by molar-refractivity contribution is -0.0855. The summed E-state index contributed by atoms with van der Waals surface area (Å²) in [6.07, 6.45) is 3.17. The van der Waals surface area contributed by atoms with Gasteiger partial charge in [0.15, 0.2) is 5.82 Å². The van der Waals surface area contributed by atoms with Crippen LogP contribution in [0, 0.1) is 0 Å². The Hall–Kier alpha value is -1.37. The summed E-state index contributed by atoms with van der Waals surface area (Å²) in [6.45, 7) is 0.603. The van der Waals surface area contributed by atoms with E-state index in [-0.39, 0.29) is 5.60 Å². The number of nitrogen functional groups attached to an aromatic ring is 1. The second-order valence-electron chi connectivity index (χ2n) is 5.26. The molecule has 1 saturated carbocycles. The van der Waals surface area contributed by atoms with E-state index in [2.05, 4.69) is 15.5 Å². The molecular formula is C13H15Cl2N5O. The number of aromatic nitrogens is 4. The second kappa shape index (κ2) is 5.44. The number of halogens is 2. The van der Waals surface area contributed by atoms with E-state index in [4.69, 9.17) is 33.7 Å². The summed E-state index contributed by atoms with van der Waals surface area (Å²) >= 11 is 12.0. The third-order valence-corrected chi connectivity index (χ3v) is 4.80. The number of nitrogens with two attached hydrogens (primary N) is 1. The molecule has 0 amide bonds. The molecule has 0 bridgehead atoms.